The summed E-state index contributed by atoms with van der Waals surface area (Å²) in [5.41, 5.74) is 4.37. The number of hydrogen-bond acceptors (Lipinski definition) is 7. The number of benzene rings is 1. The number of carbonyl (C=O) groups is 1. The zero-order valence-electron chi connectivity index (χ0n) is 20.6. The summed E-state index contributed by atoms with van der Waals surface area (Å²) in [5.74, 6) is 1.69. The van der Waals surface area contributed by atoms with Crippen LogP contribution in [0, 0.1) is 0 Å². The SMILES string of the molecule is CC1=NCC(c2ccc(Nc3cc4c(cn3)cc(-c3cnn(C)c3)n4C(=O)OC(C)C)cc2)N1C. The number of fused-ring (bicyclic) bond motifs is 1. The summed E-state index contributed by atoms with van der Waals surface area (Å²) in [7, 11) is 3.91. The van der Waals surface area contributed by atoms with Gasteiger partial charge in [-0.3, -0.25) is 9.67 Å². The number of carbonyl (C=O) groups excluding carboxylic acids is 1. The van der Waals surface area contributed by atoms with Crippen LogP contribution in [-0.2, 0) is 11.8 Å². The van der Waals surface area contributed by atoms with Crippen LogP contribution < -0.4 is 5.32 Å². The Morgan fingerprint density at radius 3 is 2.54 bits per heavy atom. The third kappa shape index (κ3) is 4.37. The first-order valence-corrected chi connectivity index (χ1v) is 11.6. The quantitative estimate of drug-likeness (QED) is 0.442. The van der Waals surface area contributed by atoms with Crippen molar-refractivity contribution in [1.29, 1.82) is 0 Å². The van der Waals surface area contributed by atoms with Gasteiger partial charge in [0.2, 0.25) is 0 Å². The van der Waals surface area contributed by atoms with Gasteiger partial charge in [0.05, 0.1) is 41.9 Å². The molecule has 3 aromatic heterocycles. The molecule has 4 heterocycles. The minimum Gasteiger partial charge on any atom is -0.446 e. The molecular formula is C26H29N7O2. The molecule has 1 atom stereocenters. The number of hydrogen-bond donors (Lipinski definition) is 1. The molecule has 1 aliphatic rings. The Hall–Kier alpha value is -4.14. The zero-order valence-corrected chi connectivity index (χ0v) is 20.6. The molecule has 9 heteroatoms. The zero-order chi connectivity index (χ0) is 24.7. The average Bonchev–Trinajstić information content (AvgIpc) is 3.51. The smallest absolute Gasteiger partial charge is 0.419 e. The predicted molar refractivity (Wildman–Crippen MR) is 137 cm³/mol. The number of amidine groups is 1. The van der Waals surface area contributed by atoms with Crippen LogP contribution in [-0.4, -0.2) is 55.9 Å². The van der Waals surface area contributed by atoms with Gasteiger partial charge in [0.1, 0.15) is 5.82 Å². The molecule has 0 fully saturated rings. The van der Waals surface area contributed by atoms with Crippen molar-refractivity contribution in [2.75, 3.05) is 18.9 Å². The Kier molecular flexibility index (Phi) is 5.76. The average molecular weight is 472 g/mol. The van der Waals surface area contributed by atoms with Gasteiger partial charge >= 0.3 is 6.09 Å². The largest absolute Gasteiger partial charge is 0.446 e. The van der Waals surface area contributed by atoms with Gasteiger partial charge in [-0.1, -0.05) is 12.1 Å². The van der Waals surface area contributed by atoms with Crippen LogP contribution in [0.3, 0.4) is 0 Å². The first-order valence-electron chi connectivity index (χ1n) is 11.6. The first kappa shape index (κ1) is 22.6. The molecule has 4 aromatic rings. The highest BCUT2D eigenvalue weighted by Crippen LogP contribution is 2.31. The van der Waals surface area contributed by atoms with E-state index >= 15 is 0 Å². The highest BCUT2D eigenvalue weighted by atomic mass is 16.6. The molecule has 1 aromatic carbocycles. The van der Waals surface area contributed by atoms with Crippen LogP contribution in [0.1, 0.15) is 32.4 Å². The first-order chi connectivity index (χ1) is 16.8. The Morgan fingerprint density at radius 2 is 1.91 bits per heavy atom. The molecule has 1 aliphatic heterocycles. The number of aromatic nitrogens is 4. The van der Waals surface area contributed by atoms with E-state index in [4.69, 9.17) is 4.74 Å². The molecule has 1 unspecified atom stereocenters. The van der Waals surface area contributed by atoms with Crippen molar-refractivity contribution < 1.29 is 9.53 Å². The summed E-state index contributed by atoms with van der Waals surface area (Å²) in [4.78, 5) is 24.4. The molecule has 0 bridgehead atoms. The Bertz CT molecular complexity index is 1420. The lowest BCUT2D eigenvalue weighted by molar-refractivity contribution is 0.118. The van der Waals surface area contributed by atoms with Gasteiger partial charge in [-0.05, 0) is 44.5 Å². The Labute approximate surface area is 204 Å². The lowest BCUT2D eigenvalue weighted by Gasteiger charge is -2.22. The van der Waals surface area contributed by atoms with Gasteiger partial charge in [-0.15, -0.1) is 0 Å². The van der Waals surface area contributed by atoms with Gasteiger partial charge in [0.15, 0.2) is 0 Å². The number of likely N-dealkylation sites (N-methyl/N-ethyl adjacent to an activating group) is 1. The normalized spacial score (nSPS) is 15.7. The van der Waals surface area contributed by atoms with E-state index in [1.54, 1.807) is 21.6 Å². The molecule has 0 aliphatic carbocycles. The van der Waals surface area contributed by atoms with Crippen molar-refractivity contribution in [1.82, 2.24) is 24.2 Å². The van der Waals surface area contributed by atoms with E-state index in [-0.39, 0.29) is 12.1 Å². The summed E-state index contributed by atoms with van der Waals surface area (Å²) in [6, 6.07) is 12.4. The van der Waals surface area contributed by atoms with Crippen molar-refractivity contribution in [2.24, 2.45) is 12.0 Å². The predicted octanol–water partition coefficient (Wildman–Crippen LogP) is 4.98. The second-order valence-electron chi connectivity index (χ2n) is 9.09. The van der Waals surface area contributed by atoms with Crippen molar-refractivity contribution >= 4 is 34.3 Å². The second-order valence-corrected chi connectivity index (χ2v) is 9.09. The highest BCUT2D eigenvalue weighted by molar-refractivity contribution is 5.96. The van der Waals surface area contributed by atoms with Crippen LogP contribution in [0.5, 0.6) is 0 Å². The van der Waals surface area contributed by atoms with Crippen LogP contribution in [0.2, 0.25) is 0 Å². The fraction of sp³-hybridized carbons (Fsp3) is 0.308. The van der Waals surface area contributed by atoms with E-state index in [1.807, 2.05) is 58.3 Å². The summed E-state index contributed by atoms with van der Waals surface area (Å²) < 4.78 is 8.84. The number of nitrogens with zero attached hydrogens (tertiary/aromatic N) is 6. The topological polar surface area (TPSA) is 89.6 Å². The van der Waals surface area contributed by atoms with Gasteiger partial charge in [-0.25, -0.2) is 14.3 Å². The molecule has 5 rings (SSSR count). The third-order valence-corrected chi connectivity index (χ3v) is 6.24. The Morgan fingerprint density at radius 1 is 1.14 bits per heavy atom. The number of aliphatic imine (C=N–C) groups is 1. The lowest BCUT2D eigenvalue weighted by atomic mass is 10.1. The van der Waals surface area contributed by atoms with Crippen molar-refractivity contribution in [2.45, 2.75) is 32.9 Å². The third-order valence-electron chi connectivity index (χ3n) is 6.24. The van der Waals surface area contributed by atoms with E-state index in [2.05, 4.69) is 44.5 Å². The number of ether oxygens (including phenoxy) is 1. The molecule has 9 nitrogen and oxygen atoms in total. The van der Waals surface area contributed by atoms with Gasteiger partial charge < -0.3 is 15.0 Å². The minimum absolute atomic E-state index is 0.243. The number of rotatable bonds is 5. The summed E-state index contributed by atoms with van der Waals surface area (Å²) >= 11 is 0. The van der Waals surface area contributed by atoms with E-state index < -0.39 is 6.09 Å². The van der Waals surface area contributed by atoms with Gasteiger partial charge in [0, 0.05) is 49.2 Å². The standard InChI is InChI=1S/C26H29N7O2/c1-16(2)35-26(34)33-22(20-13-29-31(4)15-20)10-19-12-28-25(11-23(19)33)30-21-8-6-18(7-9-21)24-14-27-17(3)32(24)5/h6-13,15-16,24H,14H2,1-5H3,(H,28,30). The molecule has 1 N–H and O–H groups in total. The second kappa shape index (κ2) is 8.90. The molecule has 0 saturated carbocycles. The molecule has 0 amide bonds. The van der Waals surface area contributed by atoms with Crippen LogP contribution in [0.4, 0.5) is 16.3 Å². The molecule has 0 radical (unpaired) electrons. The highest BCUT2D eigenvalue weighted by Gasteiger charge is 2.23. The number of pyridine rings is 1. The molecule has 0 spiro atoms. The number of anilines is 2. The van der Waals surface area contributed by atoms with E-state index in [0.717, 1.165) is 29.0 Å². The van der Waals surface area contributed by atoms with Crippen molar-refractivity contribution in [3.05, 3.63) is 60.6 Å². The molecule has 180 valence electrons. The molecule has 0 saturated heterocycles. The van der Waals surface area contributed by atoms with Gasteiger partial charge in [0.25, 0.3) is 0 Å². The van der Waals surface area contributed by atoms with Crippen molar-refractivity contribution in [3.63, 3.8) is 0 Å². The van der Waals surface area contributed by atoms with Crippen molar-refractivity contribution in [3.8, 4) is 11.3 Å². The minimum atomic E-state index is -0.437. The maximum Gasteiger partial charge on any atom is 0.419 e. The van der Waals surface area contributed by atoms with E-state index in [0.29, 0.717) is 17.0 Å². The molecule has 35 heavy (non-hydrogen) atoms. The van der Waals surface area contributed by atoms with E-state index in [1.165, 1.54) is 5.56 Å². The lowest BCUT2D eigenvalue weighted by Crippen LogP contribution is -2.24. The maximum atomic E-state index is 13.1. The fourth-order valence-corrected chi connectivity index (χ4v) is 4.33. The van der Waals surface area contributed by atoms with Crippen LogP contribution >= 0.6 is 0 Å². The monoisotopic (exact) mass is 471 g/mol. The van der Waals surface area contributed by atoms with Crippen LogP contribution in [0.15, 0.2) is 60.0 Å². The number of aryl methyl sites for hydroxylation is 1. The summed E-state index contributed by atoms with van der Waals surface area (Å²) in [5, 5.41) is 8.45. The Balaban J connectivity index is 1.46. The fourth-order valence-electron chi connectivity index (χ4n) is 4.33. The van der Waals surface area contributed by atoms with Crippen LogP contribution in [0.25, 0.3) is 22.2 Å². The molecular weight excluding hydrogens is 442 g/mol. The van der Waals surface area contributed by atoms with E-state index in [9.17, 15) is 4.79 Å². The maximum absolute atomic E-state index is 13.1. The number of nitrogens with one attached hydrogen (secondary N) is 1. The summed E-state index contributed by atoms with van der Waals surface area (Å²) in [6.45, 7) is 6.48. The van der Waals surface area contributed by atoms with Gasteiger partial charge in [-0.2, -0.15) is 5.10 Å². The summed E-state index contributed by atoms with van der Waals surface area (Å²) in [6.07, 6.45) is 4.69.